The van der Waals surface area contributed by atoms with Gasteiger partial charge in [-0.3, -0.25) is 0 Å². The van der Waals surface area contributed by atoms with Crippen molar-refractivity contribution >= 4 is 29.2 Å². The highest BCUT2D eigenvalue weighted by atomic mass is 35.5. The number of carboxylic acids is 1. The zero-order chi connectivity index (χ0) is 12.4. The largest absolute Gasteiger partial charge is 0.478 e. The lowest BCUT2D eigenvalue weighted by Crippen LogP contribution is -1.96. The molecule has 86 valence electrons. The van der Waals surface area contributed by atoms with E-state index in [0.717, 1.165) is 0 Å². The van der Waals surface area contributed by atoms with Crippen LogP contribution < -0.4 is 0 Å². The summed E-state index contributed by atoms with van der Waals surface area (Å²) in [5.41, 5.74) is 1.28. The molecule has 6 heteroatoms. The van der Waals surface area contributed by atoms with Crippen LogP contribution in [0.15, 0.2) is 30.6 Å². The van der Waals surface area contributed by atoms with Crippen molar-refractivity contribution in [1.82, 2.24) is 9.97 Å². The molecular weight excluding hydrogens is 263 g/mol. The fourth-order valence-electron chi connectivity index (χ4n) is 1.34. The van der Waals surface area contributed by atoms with E-state index in [1.165, 1.54) is 18.5 Å². The Hall–Kier alpha value is -1.65. The van der Waals surface area contributed by atoms with Crippen molar-refractivity contribution in [2.24, 2.45) is 0 Å². The molecule has 1 aromatic carbocycles. The number of aromatic carboxylic acids is 1. The van der Waals surface area contributed by atoms with Crippen molar-refractivity contribution < 1.29 is 9.90 Å². The van der Waals surface area contributed by atoms with Gasteiger partial charge in [0.15, 0.2) is 0 Å². The van der Waals surface area contributed by atoms with E-state index in [1.54, 1.807) is 12.1 Å². The van der Waals surface area contributed by atoms with Crippen LogP contribution >= 0.6 is 23.2 Å². The Labute approximate surface area is 107 Å². The van der Waals surface area contributed by atoms with Gasteiger partial charge >= 0.3 is 5.97 Å². The van der Waals surface area contributed by atoms with Gasteiger partial charge in [0, 0.05) is 11.6 Å². The van der Waals surface area contributed by atoms with E-state index in [9.17, 15) is 4.79 Å². The standard InChI is InChI=1S/C11H6Cl2N2O2/c12-8-3-6(11(16)17)1-2-7(8)9-4-10(13)15-5-14-9/h1-5H,(H,16,17). The molecule has 1 N–H and O–H groups in total. The average Bonchev–Trinajstić information content (AvgIpc) is 2.28. The molecule has 1 heterocycles. The molecule has 17 heavy (non-hydrogen) atoms. The Morgan fingerprint density at radius 1 is 1.18 bits per heavy atom. The number of halogens is 2. The summed E-state index contributed by atoms with van der Waals surface area (Å²) in [4.78, 5) is 18.5. The Balaban J connectivity index is 2.50. The summed E-state index contributed by atoms with van der Waals surface area (Å²) < 4.78 is 0. The van der Waals surface area contributed by atoms with Gasteiger partial charge in [-0.05, 0) is 12.1 Å². The summed E-state index contributed by atoms with van der Waals surface area (Å²) in [6.07, 6.45) is 1.32. The maximum Gasteiger partial charge on any atom is 0.335 e. The van der Waals surface area contributed by atoms with Crippen LogP contribution in [-0.4, -0.2) is 21.0 Å². The summed E-state index contributed by atoms with van der Waals surface area (Å²) in [6, 6.07) is 5.97. The summed E-state index contributed by atoms with van der Waals surface area (Å²) in [5, 5.41) is 9.41. The third-order valence-electron chi connectivity index (χ3n) is 2.13. The summed E-state index contributed by atoms with van der Waals surface area (Å²) >= 11 is 11.7. The lowest BCUT2D eigenvalue weighted by Gasteiger charge is -2.04. The van der Waals surface area contributed by atoms with Gasteiger partial charge in [0.1, 0.15) is 11.5 Å². The molecule has 2 aromatic rings. The molecule has 0 unspecified atom stereocenters. The molecule has 0 aliphatic rings. The number of nitrogens with zero attached hydrogens (tertiary/aromatic N) is 2. The number of hydrogen-bond donors (Lipinski definition) is 1. The maximum atomic E-state index is 10.7. The number of aromatic nitrogens is 2. The number of benzene rings is 1. The van der Waals surface area contributed by atoms with Crippen molar-refractivity contribution in [2.45, 2.75) is 0 Å². The van der Waals surface area contributed by atoms with E-state index >= 15 is 0 Å². The van der Waals surface area contributed by atoms with Crippen molar-refractivity contribution in [3.8, 4) is 11.3 Å². The van der Waals surface area contributed by atoms with Gasteiger partial charge in [-0.25, -0.2) is 14.8 Å². The second kappa shape index (κ2) is 4.69. The van der Waals surface area contributed by atoms with Crippen molar-refractivity contribution in [1.29, 1.82) is 0 Å². The van der Waals surface area contributed by atoms with E-state index in [-0.39, 0.29) is 5.56 Å². The predicted molar refractivity (Wildman–Crippen MR) is 64.4 cm³/mol. The highest BCUT2D eigenvalue weighted by molar-refractivity contribution is 6.33. The first-order chi connectivity index (χ1) is 8.08. The molecule has 0 bridgehead atoms. The highest BCUT2D eigenvalue weighted by Crippen LogP contribution is 2.28. The van der Waals surface area contributed by atoms with Crippen LogP contribution in [0.3, 0.4) is 0 Å². The normalized spacial score (nSPS) is 10.2. The van der Waals surface area contributed by atoms with Crippen molar-refractivity contribution in [3.05, 3.63) is 46.3 Å². The molecule has 0 spiro atoms. The van der Waals surface area contributed by atoms with Crippen LogP contribution in [0.2, 0.25) is 10.2 Å². The molecule has 1 aromatic heterocycles. The first kappa shape index (κ1) is 11.8. The van der Waals surface area contributed by atoms with E-state index in [4.69, 9.17) is 28.3 Å². The minimum Gasteiger partial charge on any atom is -0.478 e. The zero-order valence-corrected chi connectivity index (χ0v) is 9.90. The molecule has 2 rings (SSSR count). The minimum absolute atomic E-state index is 0.124. The Morgan fingerprint density at radius 3 is 2.53 bits per heavy atom. The Morgan fingerprint density at radius 2 is 1.94 bits per heavy atom. The molecule has 0 saturated carbocycles. The smallest absolute Gasteiger partial charge is 0.335 e. The molecule has 0 radical (unpaired) electrons. The molecule has 0 amide bonds. The molecule has 4 nitrogen and oxygen atoms in total. The molecule has 0 aliphatic heterocycles. The SMILES string of the molecule is O=C(O)c1ccc(-c2cc(Cl)ncn2)c(Cl)c1. The van der Waals surface area contributed by atoms with Gasteiger partial charge in [0.05, 0.1) is 16.3 Å². The topological polar surface area (TPSA) is 63.1 Å². The monoisotopic (exact) mass is 268 g/mol. The fraction of sp³-hybridized carbons (Fsp3) is 0. The highest BCUT2D eigenvalue weighted by Gasteiger charge is 2.09. The van der Waals surface area contributed by atoms with Crippen LogP contribution in [0.4, 0.5) is 0 Å². The minimum atomic E-state index is -1.03. The first-order valence-electron chi connectivity index (χ1n) is 4.58. The van der Waals surface area contributed by atoms with Gasteiger partial charge in [-0.2, -0.15) is 0 Å². The van der Waals surface area contributed by atoms with Crippen molar-refractivity contribution in [3.63, 3.8) is 0 Å². The van der Waals surface area contributed by atoms with Crippen molar-refractivity contribution in [2.75, 3.05) is 0 Å². The number of carboxylic acid groups (broad SMARTS) is 1. The van der Waals surface area contributed by atoms with Gasteiger partial charge in [0.25, 0.3) is 0 Å². The van der Waals surface area contributed by atoms with E-state index in [0.29, 0.717) is 21.4 Å². The number of rotatable bonds is 2. The second-order valence-corrected chi connectivity index (χ2v) is 4.02. The van der Waals surface area contributed by atoms with Crippen LogP contribution in [0.1, 0.15) is 10.4 Å². The summed E-state index contributed by atoms with van der Waals surface area (Å²) in [5.74, 6) is -1.03. The van der Waals surface area contributed by atoms with E-state index in [1.807, 2.05) is 0 Å². The third-order valence-corrected chi connectivity index (χ3v) is 2.65. The summed E-state index contributed by atoms with van der Waals surface area (Å²) in [6.45, 7) is 0. The molecule has 0 fully saturated rings. The molecule has 0 aliphatic carbocycles. The molecule has 0 saturated heterocycles. The Bertz CT molecular complexity index is 587. The zero-order valence-electron chi connectivity index (χ0n) is 8.39. The van der Waals surface area contributed by atoms with Crippen LogP contribution in [0.5, 0.6) is 0 Å². The van der Waals surface area contributed by atoms with Crippen LogP contribution in [0.25, 0.3) is 11.3 Å². The van der Waals surface area contributed by atoms with E-state index in [2.05, 4.69) is 9.97 Å². The maximum absolute atomic E-state index is 10.7. The second-order valence-electron chi connectivity index (χ2n) is 3.23. The average molecular weight is 269 g/mol. The van der Waals surface area contributed by atoms with Gasteiger partial charge in [-0.1, -0.05) is 29.3 Å². The molecule has 0 atom stereocenters. The third kappa shape index (κ3) is 2.54. The predicted octanol–water partition coefficient (Wildman–Crippen LogP) is 3.15. The van der Waals surface area contributed by atoms with E-state index < -0.39 is 5.97 Å². The molecular formula is C11H6Cl2N2O2. The number of carbonyl (C=O) groups is 1. The fourth-order valence-corrected chi connectivity index (χ4v) is 1.76. The summed E-state index contributed by atoms with van der Waals surface area (Å²) in [7, 11) is 0. The lowest BCUT2D eigenvalue weighted by molar-refractivity contribution is 0.0697. The quantitative estimate of drug-likeness (QED) is 0.850. The van der Waals surface area contributed by atoms with Gasteiger partial charge in [-0.15, -0.1) is 0 Å². The Kier molecular flexibility index (Phi) is 3.26. The lowest BCUT2D eigenvalue weighted by atomic mass is 10.1. The number of hydrogen-bond acceptors (Lipinski definition) is 3. The van der Waals surface area contributed by atoms with Gasteiger partial charge in [0.2, 0.25) is 0 Å². The van der Waals surface area contributed by atoms with Crippen LogP contribution in [-0.2, 0) is 0 Å². The first-order valence-corrected chi connectivity index (χ1v) is 5.34. The van der Waals surface area contributed by atoms with Gasteiger partial charge < -0.3 is 5.11 Å². The van der Waals surface area contributed by atoms with Crippen LogP contribution in [0, 0.1) is 0 Å².